The van der Waals surface area contributed by atoms with Crippen LogP contribution in [0.15, 0.2) is 22.7 Å². The van der Waals surface area contributed by atoms with E-state index in [1.807, 2.05) is 0 Å². The van der Waals surface area contributed by atoms with Gasteiger partial charge in [0.25, 0.3) is 0 Å². The van der Waals surface area contributed by atoms with Gasteiger partial charge in [-0.25, -0.2) is 0 Å². The van der Waals surface area contributed by atoms with Crippen molar-refractivity contribution in [3.05, 3.63) is 33.3 Å². The Bertz CT molecular complexity index is 468. The fraction of sp³-hybridized carbons (Fsp3) is 0.364. The van der Waals surface area contributed by atoms with Gasteiger partial charge < -0.3 is 5.11 Å². The molecule has 0 saturated carbocycles. The molecule has 1 rings (SSSR count). The first-order chi connectivity index (χ1) is 8.67. The summed E-state index contributed by atoms with van der Waals surface area (Å²) in [5.41, 5.74) is 0.513. The molecule has 1 N–H and O–H groups in total. The lowest BCUT2D eigenvalue weighted by Crippen LogP contribution is -2.37. The summed E-state index contributed by atoms with van der Waals surface area (Å²) in [6.07, 6.45) is -4.45. The van der Waals surface area contributed by atoms with Crippen molar-refractivity contribution < 1.29 is 23.1 Å². The number of carboxylic acid groups (broad SMARTS) is 1. The molecule has 0 bridgehead atoms. The van der Waals surface area contributed by atoms with Crippen molar-refractivity contribution >= 4 is 33.5 Å². The van der Waals surface area contributed by atoms with E-state index in [0.717, 1.165) is 4.90 Å². The Hall–Kier alpha value is -0.790. The van der Waals surface area contributed by atoms with Crippen LogP contribution in [0.5, 0.6) is 0 Å². The molecule has 3 nitrogen and oxygen atoms in total. The summed E-state index contributed by atoms with van der Waals surface area (Å²) in [4.78, 5) is 11.4. The lowest BCUT2D eigenvalue weighted by molar-refractivity contribution is -0.154. The van der Waals surface area contributed by atoms with Gasteiger partial charge in [0.1, 0.15) is 0 Å². The minimum Gasteiger partial charge on any atom is -0.480 e. The molecule has 0 aliphatic heterocycles. The standard InChI is InChI=1S/C11H10BrClF3NO2/c12-8-2-1-7(3-9(8)13)4-17(5-10(18)19)6-11(14,15)16/h1-3H,4-6H2,(H,18,19). The fourth-order valence-electron chi connectivity index (χ4n) is 1.51. The molecule has 0 aliphatic carbocycles. The number of nitrogens with zero attached hydrogens (tertiary/aromatic N) is 1. The number of aliphatic carboxylic acids is 1. The predicted octanol–water partition coefficient (Wildman–Crippen LogP) is 3.55. The Morgan fingerprint density at radius 3 is 2.53 bits per heavy atom. The van der Waals surface area contributed by atoms with E-state index in [0.29, 0.717) is 15.1 Å². The molecule has 0 aromatic heterocycles. The van der Waals surface area contributed by atoms with Crippen LogP contribution in [0.4, 0.5) is 13.2 Å². The molecule has 1 aromatic rings. The molecule has 0 aliphatic rings. The molecular formula is C11H10BrClF3NO2. The van der Waals surface area contributed by atoms with Crippen LogP contribution in [-0.2, 0) is 11.3 Å². The lowest BCUT2D eigenvalue weighted by atomic mass is 10.2. The van der Waals surface area contributed by atoms with Crippen molar-refractivity contribution in [1.29, 1.82) is 0 Å². The molecule has 0 heterocycles. The van der Waals surface area contributed by atoms with Gasteiger partial charge in [0.15, 0.2) is 0 Å². The highest BCUT2D eigenvalue weighted by Crippen LogP contribution is 2.24. The number of hydrogen-bond acceptors (Lipinski definition) is 2. The minimum absolute atomic E-state index is 0.140. The number of halogens is 5. The quantitative estimate of drug-likeness (QED) is 0.873. The first-order valence-corrected chi connectivity index (χ1v) is 6.29. The van der Waals surface area contributed by atoms with Gasteiger partial charge in [0.2, 0.25) is 0 Å². The normalized spacial score (nSPS) is 11.9. The summed E-state index contributed by atoms with van der Waals surface area (Å²) in [6.45, 7) is -2.11. The number of carbonyl (C=O) groups is 1. The molecule has 1 aromatic carbocycles. The Labute approximate surface area is 121 Å². The van der Waals surface area contributed by atoms with Crippen LogP contribution in [0.2, 0.25) is 5.02 Å². The van der Waals surface area contributed by atoms with Crippen molar-refractivity contribution in [2.45, 2.75) is 12.7 Å². The van der Waals surface area contributed by atoms with Gasteiger partial charge in [0, 0.05) is 11.0 Å². The summed E-state index contributed by atoms with van der Waals surface area (Å²) in [5.74, 6) is -1.31. The highest BCUT2D eigenvalue weighted by Gasteiger charge is 2.31. The first kappa shape index (κ1) is 16.3. The Kier molecular flexibility index (Phi) is 5.64. The van der Waals surface area contributed by atoms with Crippen molar-refractivity contribution in [2.24, 2.45) is 0 Å². The second-order valence-electron chi connectivity index (χ2n) is 3.90. The second-order valence-corrected chi connectivity index (χ2v) is 5.16. The van der Waals surface area contributed by atoms with E-state index >= 15 is 0 Å². The molecule has 106 valence electrons. The van der Waals surface area contributed by atoms with Crippen LogP contribution in [0, 0.1) is 0 Å². The zero-order valence-electron chi connectivity index (χ0n) is 9.55. The Morgan fingerprint density at radius 2 is 2.05 bits per heavy atom. The molecule has 0 atom stereocenters. The van der Waals surface area contributed by atoms with Gasteiger partial charge in [-0.2, -0.15) is 13.2 Å². The smallest absolute Gasteiger partial charge is 0.401 e. The maximum absolute atomic E-state index is 12.3. The van der Waals surface area contributed by atoms with Crippen molar-refractivity contribution in [1.82, 2.24) is 4.90 Å². The maximum atomic E-state index is 12.3. The topological polar surface area (TPSA) is 40.5 Å². The Balaban J connectivity index is 2.81. The fourth-order valence-corrected chi connectivity index (χ4v) is 1.96. The average Bonchev–Trinajstić information content (AvgIpc) is 2.20. The van der Waals surface area contributed by atoms with Gasteiger partial charge >= 0.3 is 12.1 Å². The molecule has 0 fully saturated rings. The maximum Gasteiger partial charge on any atom is 0.401 e. The molecule has 0 amide bonds. The number of hydrogen-bond donors (Lipinski definition) is 1. The third-order valence-corrected chi connectivity index (χ3v) is 3.38. The zero-order chi connectivity index (χ0) is 14.6. The third kappa shape index (κ3) is 6.26. The van der Waals surface area contributed by atoms with Gasteiger partial charge in [-0.05, 0) is 33.6 Å². The highest BCUT2D eigenvalue weighted by atomic mass is 79.9. The Morgan fingerprint density at radius 1 is 1.42 bits per heavy atom. The third-order valence-electron chi connectivity index (χ3n) is 2.15. The van der Waals surface area contributed by atoms with E-state index in [1.54, 1.807) is 12.1 Å². The van der Waals surface area contributed by atoms with Crippen molar-refractivity contribution in [3.63, 3.8) is 0 Å². The van der Waals surface area contributed by atoms with E-state index < -0.39 is 25.2 Å². The number of rotatable bonds is 5. The van der Waals surface area contributed by atoms with E-state index in [-0.39, 0.29) is 6.54 Å². The summed E-state index contributed by atoms with van der Waals surface area (Å²) >= 11 is 9.00. The van der Waals surface area contributed by atoms with E-state index in [2.05, 4.69) is 15.9 Å². The highest BCUT2D eigenvalue weighted by molar-refractivity contribution is 9.10. The summed E-state index contributed by atoms with van der Waals surface area (Å²) in [5, 5.41) is 8.98. The van der Waals surface area contributed by atoms with Crippen LogP contribution in [0.3, 0.4) is 0 Å². The minimum atomic E-state index is -4.45. The number of benzene rings is 1. The van der Waals surface area contributed by atoms with E-state index in [9.17, 15) is 18.0 Å². The molecule has 0 radical (unpaired) electrons. The van der Waals surface area contributed by atoms with E-state index in [4.69, 9.17) is 16.7 Å². The summed E-state index contributed by atoms with van der Waals surface area (Å²) in [7, 11) is 0. The largest absolute Gasteiger partial charge is 0.480 e. The van der Waals surface area contributed by atoms with Gasteiger partial charge in [-0.3, -0.25) is 9.69 Å². The SMILES string of the molecule is O=C(O)CN(Cc1ccc(Br)c(Cl)c1)CC(F)(F)F. The zero-order valence-corrected chi connectivity index (χ0v) is 11.9. The average molecular weight is 361 g/mol. The monoisotopic (exact) mass is 359 g/mol. The molecular weight excluding hydrogens is 350 g/mol. The van der Waals surface area contributed by atoms with Crippen molar-refractivity contribution in [3.8, 4) is 0 Å². The van der Waals surface area contributed by atoms with Crippen LogP contribution < -0.4 is 0 Å². The summed E-state index contributed by atoms with van der Waals surface area (Å²) < 4.78 is 37.6. The van der Waals surface area contributed by atoms with Crippen molar-refractivity contribution in [2.75, 3.05) is 13.1 Å². The van der Waals surface area contributed by atoms with Crippen LogP contribution in [0.1, 0.15) is 5.56 Å². The van der Waals surface area contributed by atoms with Gasteiger partial charge in [-0.1, -0.05) is 17.7 Å². The van der Waals surface area contributed by atoms with E-state index in [1.165, 1.54) is 6.07 Å². The van der Waals surface area contributed by atoms with Crippen LogP contribution in [-0.4, -0.2) is 35.2 Å². The van der Waals surface area contributed by atoms with Gasteiger partial charge in [0.05, 0.1) is 18.1 Å². The lowest BCUT2D eigenvalue weighted by Gasteiger charge is -2.21. The predicted molar refractivity (Wildman–Crippen MR) is 68.1 cm³/mol. The number of carboxylic acids is 1. The molecule has 0 unspecified atom stereocenters. The molecule has 8 heteroatoms. The van der Waals surface area contributed by atoms with Gasteiger partial charge in [-0.15, -0.1) is 0 Å². The summed E-state index contributed by atoms with van der Waals surface area (Å²) in [6, 6.07) is 4.68. The number of alkyl halides is 3. The molecule has 19 heavy (non-hydrogen) atoms. The first-order valence-electron chi connectivity index (χ1n) is 5.12. The molecule has 0 spiro atoms. The molecule has 0 saturated heterocycles. The second kappa shape index (κ2) is 6.58. The van der Waals surface area contributed by atoms with Crippen LogP contribution in [0.25, 0.3) is 0 Å². The van der Waals surface area contributed by atoms with Crippen LogP contribution >= 0.6 is 27.5 Å².